The van der Waals surface area contributed by atoms with Gasteiger partial charge in [0, 0.05) is 42.6 Å². The number of imidazole rings is 1. The third kappa shape index (κ3) is 4.73. The first-order valence-electron chi connectivity index (χ1n) is 14.4. The average molecular weight is 540 g/mol. The summed E-state index contributed by atoms with van der Waals surface area (Å²) in [6.45, 7) is 15.0. The molecule has 0 unspecified atom stereocenters. The largest absolute Gasteiger partial charge is 0.497 e. The van der Waals surface area contributed by atoms with Crippen molar-refractivity contribution in [2.75, 3.05) is 35.3 Å². The maximum atomic E-state index is 5.38. The Labute approximate surface area is 237 Å². The molecular weight excluding hydrogens is 498 g/mol. The molecule has 0 aliphatic carbocycles. The quantitative estimate of drug-likeness (QED) is 0.295. The lowest BCUT2D eigenvalue weighted by molar-refractivity contribution is 0.414. The Morgan fingerprint density at radius 1 is 0.975 bits per heavy atom. The molecule has 2 aromatic carbocycles. The Morgan fingerprint density at radius 3 is 2.30 bits per heavy atom. The van der Waals surface area contributed by atoms with Crippen molar-refractivity contribution in [2.45, 2.75) is 77.9 Å². The topological polar surface area (TPSA) is 71.3 Å². The Bertz CT molecular complexity index is 1510. The number of aromatic nitrogens is 4. The van der Waals surface area contributed by atoms with Crippen molar-refractivity contribution in [3.05, 3.63) is 59.9 Å². The third-order valence-electron chi connectivity index (χ3n) is 8.47. The number of anilines is 4. The molecule has 2 aromatic heterocycles. The molecule has 0 spiro atoms. The molecular formula is C32H41N7O. The first-order valence-corrected chi connectivity index (χ1v) is 14.4. The van der Waals surface area contributed by atoms with Crippen LogP contribution >= 0.6 is 0 Å². The zero-order chi connectivity index (χ0) is 28.2. The van der Waals surface area contributed by atoms with E-state index in [2.05, 4.69) is 104 Å². The third-order valence-corrected chi connectivity index (χ3v) is 8.47. The zero-order valence-corrected chi connectivity index (χ0v) is 24.8. The average Bonchev–Trinajstić information content (AvgIpc) is 3.47. The molecule has 8 nitrogen and oxygen atoms in total. The van der Waals surface area contributed by atoms with E-state index in [1.807, 2.05) is 6.33 Å². The number of fused-ring (bicyclic) bond motifs is 3. The van der Waals surface area contributed by atoms with E-state index >= 15 is 0 Å². The SMILES string of the molecule is COc1ccc(N2[C@@H]3CC[C@H]2CN(c2nc(Nc4cc(C(C)(C)C)ccc4C)c4c(ncn4C(C)C)n2)C3)cc1. The lowest BCUT2D eigenvalue weighted by Gasteiger charge is -2.42. The summed E-state index contributed by atoms with van der Waals surface area (Å²) >= 11 is 0. The molecule has 6 rings (SSSR count). The summed E-state index contributed by atoms with van der Waals surface area (Å²) in [5.74, 6) is 2.45. The van der Waals surface area contributed by atoms with Crippen molar-refractivity contribution in [3.63, 3.8) is 0 Å². The summed E-state index contributed by atoms with van der Waals surface area (Å²) < 4.78 is 7.54. The maximum absolute atomic E-state index is 5.38. The summed E-state index contributed by atoms with van der Waals surface area (Å²) in [5.41, 5.74) is 6.53. The second-order valence-corrected chi connectivity index (χ2v) is 12.6. The number of nitrogens with zero attached hydrogens (tertiary/aromatic N) is 6. The van der Waals surface area contributed by atoms with Crippen molar-refractivity contribution in [2.24, 2.45) is 0 Å². The van der Waals surface area contributed by atoms with E-state index in [1.165, 1.54) is 29.7 Å². The monoisotopic (exact) mass is 539 g/mol. The minimum absolute atomic E-state index is 0.0544. The van der Waals surface area contributed by atoms with Gasteiger partial charge in [0.05, 0.1) is 13.4 Å². The van der Waals surface area contributed by atoms with E-state index in [-0.39, 0.29) is 11.5 Å². The van der Waals surface area contributed by atoms with E-state index in [0.717, 1.165) is 47.5 Å². The van der Waals surface area contributed by atoms with E-state index in [0.29, 0.717) is 12.1 Å². The lowest BCUT2D eigenvalue weighted by atomic mass is 9.86. The number of ether oxygens (including phenoxy) is 1. The first kappa shape index (κ1) is 26.4. The van der Waals surface area contributed by atoms with Crippen LogP contribution in [-0.4, -0.2) is 51.8 Å². The highest BCUT2D eigenvalue weighted by molar-refractivity contribution is 5.87. The summed E-state index contributed by atoms with van der Waals surface area (Å²) in [6, 6.07) is 16.2. The number of rotatable bonds is 6. The highest BCUT2D eigenvalue weighted by Gasteiger charge is 2.41. The molecule has 0 radical (unpaired) electrons. The van der Waals surface area contributed by atoms with Crippen LogP contribution in [-0.2, 0) is 5.41 Å². The van der Waals surface area contributed by atoms with Crippen LogP contribution in [0.25, 0.3) is 11.2 Å². The van der Waals surface area contributed by atoms with Crippen LogP contribution in [0.5, 0.6) is 5.75 Å². The van der Waals surface area contributed by atoms with Gasteiger partial charge < -0.3 is 24.4 Å². The molecule has 2 fully saturated rings. The van der Waals surface area contributed by atoms with E-state index < -0.39 is 0 Å². The van der Waals surface area contributed by atoms with Gasteiger partial charge in [-0.05, 0) is 80.5 Å². The number of hydrogen-bond donors (Lipinski definition) is 1. The fraction of sp³-hybridized carbons (Fsp3) is 0.469. The molecule has 210 valence electrons. The summed E-state index contributed by atoms with van der Waals surface area (Å²) in [4.78, 5) is 19.9. The molecule has 40 heavy (non-hydrogen) atoms. The summed E-state index contributed by atoms with van der Waals surface area (Å²) in [7, 11) is 1.71. The van der Waals surface area contributed by atoms with Crippen molar-refractivity contribution >= 4 is 34.3 Å². The normalized spacial score (nSPS) is 19.1. The van der Waals surface area contributed by atoms with Crippen LogP contribution in [0.3, 0.4) is 0 Å². The standard InChI is InChI=1S/C32H41N7O/c1-20(2)38-19-33-29-28(38)30(34-27-16-22(32(4,5)6)9-8-21(27)3)36-31(35-29)37-17-24-10-11-25(18-37)39(24)23-12-14-26(40-7)15-13-23/h8-9,12-16,19-20,24-25H,10-11,17-18H2,1-7H3,(H,34,35,36)/t24-,25+. The van der Waals surface area contributed by atoms with Crippen LogP contribution < -0.4 is 19.9 Å². The number of aryl methyl sites for hydroxylation is 1. The van der Waals surface area contributed by atoms with E-state index in [4.69, 9.17) is 19.7 Å². The highest BCUT2D eigenvalue weighted by Crippen LogP contribution is 2.38. The summed E-state index contributed by atoms with van der Waals surface area (Å²) in [6.07, 6.45) is 4.23. The smallest absolute Gasteiger partial charge is 0.229 e. The molecule has 0 amide bonds. The second kappa shape index (κ2) is 9.98. The molecule has 2 aliphatic heterocycles. The highest BCUT2D eigenvalue weighted by atomic mass is 16.5. The molecule has 8 heteroatoms. The van der Waals surface area contributed by atoms with Gasteiger partial charge in [-0.2, -0.15) is 9.97 Å². The Balaban J connectivity index is 1.35. The fourth-order valence-electron chi connectivity index (χ4n) is 6.15. The number of methoxy groups -OCH3 is 1. The van der Waals surface area contributed by atoms with Gasteiger partial charge in [-0.1, -0.05) is 32.9 Å². The number of nitrogens with one attached hydrogen (secondary N) is 1. The number of benzene rings is 2. The second-order valence-electron chi connectivity index (χ2n) is 12.6. The van der Waals surface area contributed by atoms with Gasteiger partial charge in [0.1, 0.15) is 11.3 Å². The van der Waals surface area contributed by atoms with Crippen LogP contribution in [0.4, 0.5) is 23.1 Å². The number of piperazine rings is 1. The molecule has 2 saturated heterocycles. The predicted molar refractivity (Wildman–Crippen MR) is 163 cm³/mol. The van der Waals surface area contributed by atoms with Gasteiger partial charge in [-0.3, -0.25) is 0 Å². The van der Waals surface area contributed by atoms with Crippen molar-refractivity contribution in [3.8, 4) is 5.75 Å². The molecule has 0 saturated carbocycles. The Morgan fingerprint density at radius 2 is 1.68 bits per heavy atom. The first-order chi connectivity index (χ1) is 19.1. The van der Waals surface area contributed by atoms with Crippen molar-refractivity contribution in [1.29, 1.82) is 0 Å². The maximum Gasteiger partial charge on any atom is 0.229 e. The van der Waals surface area contributed by atoms with Crippen LogP contribution in [0, 0.1) is 6.92 Å². The Hall–Kier alpha value is -3.81. The fourth-order valence-corrected chi connectivity index (χ4v) is 6.15. The predicted octanol–water partition coefficient (Wildman–Crippen LogP) is 6.62. The zero-order valence-electron chi connectivity index (χ0n) is 24.8. The van der Waals surface area contributed by atoms with Crippen LogP contribution in [0.15, 0.2) is 48.8 Å². The van der Waals surface area contributed by atoms with Gasteiger partial charge in [-0.15, -0.1) is 0 Å². The van der Waals surface area contributed by atoms with Gasteiger partial charge in [0.25, 0.3) is 0 Å². The molecule has 1 N–H and O–H groups in total. The van der Waals surface area contributed by atoms with E-state index in [1.54, 1.807) is 7.11 Å². The minimum atomic E-state index is 0.0544. The molecule has 2 bridgehead atoms. The number of hydrogen-bond acceptors (Lipinski definition) is 7. The molecule has 4 aromatic rings. The summed E-state index contributed by atoms with van der Waals surface area (Å²) in [5, 5.41) is 3.71. The van der Waals surface area contributed by atoms with Crippen molar-refractivity contribution in [1.82, 2.24) is 19.5 Å². The molecule has 4 heterocycles. The minimum Gasteiger partial charge on any atom is -0.497 e. The van der Waals surface area contributed by atoms with Crippen molar-refractivity contribution < 1.29 is 4.74 Å². The van der Waals surface area contributed by atoms with E-state index in [9.17, 15) is 0 Å². The van der Waals surface area contributed by atoms with Crippen LogP contribution in [0.1, 0.15) is 64.6 Å². The lowest BCUT2D eigenvalue weighted by Crippen LogP contribution is -2.54. The van der Waals surface area contributed by atoms with Gasteiger partial charge in [0.2, 0.25) is 5.95 Å². The van der Waals surface area contributed by atoms with Gasteiger partial charge >= 0.3 is 0 Å². The van der Waals surface area contributed by atoms with Gasteiger partial charge in [0.15, 0.2) is 11.5 Å². The molecule has 2 aliphatic rings. The molecule has 2 atom stereocenters. The van der Waals surface area contributed by atoms with Crippen LogP contribution in [0.2, 0.25) is 0 Å². The van der Waals surface area contributed by atoms with Gasteiger partial charge in [-0.25, -0.2) is 4.98 Å². The Kier molecular flexibility index (Phi) is 6.59.